The second-order valence-corrected chi connectivity index (χ2v) is 7.76. The molecule has 3 rings (SSSR count). The number of benzene rings is 2. The third-order valence-electron chi connectivity index (χ3n) is 5.02. The number of nitrogens with two attached hydrogens (primary N) is 1. The quantitative estimate of drug-likeness (QED) is 0.306. The molecule has 5 N–H and O–H groups in total. The van der Waals surface area contributed by atoms with Crippen molar-refractivity contribution in [2.75, 3.05) is 5.73 Å². The molecule has 164 valence electrons. The van der Waals surface area contributed by atoms with Crippen LogP contribution in [0.1, 0.15) is 40.8 Å². The van der Waals surface area contributed by atoms with E-state index < -0.39 is 23.6 Å². The van der Waals surface area contributed by atoms with E-state index in [-0.39, 0.29) is 11.3 Å². The number of hydrogen-bond acceptors (Lipinski definition) is 5. The fourth-order valence-electron chi connectivity index (χ4n) is 3.25. The zero-order valence-electron chi connectivity index (χ0n) is 17.4. The molecule has 8 heteroatoms. The molecule has 0 saturated heterocycles. The Morgan fingerprint density at radius 1 is 1.09 bits per heavy atom. The van der Waals surface area contributed by atoms with Gasteiger partial charge in [-0.15, -0.1) is 0 Å². The van der Waals surface area contributed by atoms with E-state index in [1.807, 2.05) is 12.1 Å². The van der Waals surface area contributed by atoms with Crippen molar-refractivity contribution in [1.82, 2.24) is 10.3 Å². The number of hydrogen-bond donors (Lipinski definition) is 4. The number of carbonyl (C=O) groups is 2. The molecule has 0 fully saturated rings. The van der Waals surface area contributed by atoms with Crippen LogP contribution < -0.4 is 11.1 Å². The highest BCUT2D eigenvalue weighted by Crippen LogP contribution is 2.20. The molecule has 2 aromatic carbocycles. The number of aliphatic carboxylic acids is 1. The minimum atomic E-state index is -1.38. The van der Waals surface area contributed by atoms with E-state index in [9.17, 15) is 14.7 Å². The van der Waals surface area contributed by atoms with Crippen LogP contribution in [-0.4, -0.2) is 27.7 Å². The Labute approximate surface area is 190 Å². The van der Waals surface area contributed by atoms with Crippen molar-refractivity contribution in [3.05, 3.63) is 93.8 Å². The van der Waals surface area contributed by atoms with Crippen LogP contribution in [0.2, 0.25) is 5.02 Å². The second kappa shape index (κ2) is 10.1. The highest BCUT2D eigenvalue weighted by atomic mass is 35.5. The lowest BCUT2D eigenvalue weighted by Crippen LogP contribution is -2.38. The number of carboxylic acid groups (broad SMARTS) is 1. The van der Waals surface area contributed by atoms with Gasteiger partial charge in [-0.2, -0.15) is 0 Å². The van der Waals surface area contributed by atoms with Crippen molar-refractivity contribution in [2.24, 2.45) is 0 Å². The van der Waals surface area contributed by atoms with Gasteiger partial charge in [-0.25, -0.2) is 4.79 Å². The van der Waals surface area contributed by atoms with Crippen LogP contribution in [0.5, 0.6) is 0 Å². The number of carboxylic acids is 1. The van der Waals surface area contributed by atoms with Crippen molar-refractivity contribution in [3.8, 4) is 0 Å². The van der Waals surface area contributed by atoms with Gasteiger partial charge in [0.05, 0.1) is 0 Å². The fourth-order valence-corrected chi connectivity index (χ4v) is 3.42. The Morgan fingerprint density at radius 2 is 1.78 bits per heavy atom. The SMILES string of the molecule is CCc1ccc(Cc2cncc(C(NC(=O)C(=N)c3cc(Cl)ccc3N)C(=O)O)c2)cc1. The van der Waals surface area contributed by atoms with Crippen LogP contribution in [0, 0.1) is 5.41 Å². The van der Waals surface area contributed by atoms with Gasteiger partial charge in [-0.1, -0.05) is 42.8 Å². The van der Waals surface area contributed by atoms with Gasteiger partial charge < -0.3 is 16.2 Å². The molecule has 1 aromatic heterocycles. The zero-order chi connectivity index (χ0) is 23.3. The van der Waals surface area contributed by atoms with Gasteiger partial charge in [0, 0.05) is 34.2 Å². The average molecular weight is 451 g/mol. The third kappa shape index (κ3) is 5.50. The van der Waals surface area contributed by atoms with E-state index in [1.54, 1.807) is 18.3 Å². The maximum Gasteiger partial charge on any atom is 0.330 e. The summed E-state index contributed by atoms with van der Waals surface area (Å²) in [4.78, 5) is 28.7. The lowest BCUT2D eigenvalue weighted by Gasteiger charge is -2.16. The van der Waals surface area contributed by atoms with E-state index >= 15 is 0 Å². The second-order valence-electron chi connectivity index (χ2n) is 7.32. The number of nitrogens with zero attached hydrogens (tertiary/aromatic N) is 1. The first-order valence-corrected chi connectivity index (χ1v) is 10.4. The predicted molar refractivity (Wildman–Crippen MR) is 124 cm³/mol. The van der Waals surface area contributed by atoms with Crippen molar-refractivity contribution in [3.63, 3.8) is 0 Å². The van der Waals surface area contributed by atoms with E-state index in [0.717, 1.165) is 17.5 Å². The number of aromatic nitrogens is 1. The monoisotopic (exact) mass is 450 g/mol. The summed E-state index contributed by atoms with van der Waals surface area (Å²) in [7, 11) is 0. The van der Waals surface area contributed by atoms with Crippen molar-refractivity contribution < 1.29 is 14.7 Å². The standard InChI is InChI=1S/C24H23ClN4O3/c1-2-14-3-5-15(6-4-14)9-16-10-17(13-28-12-16)22(24(31)32)29-23(30)21(27)19-11-18(25)7-8-20(19)26/h3-8,10-13,22,27H,2,9,26H2,1H3,(H,29,30)(H,31,32). The van der Waals surface area contributed by atoms with Crippen LogP contribution in [0.4, 0.5) is 5.69 Å². The number of nitrogens with one attached hydrogen (secondary N) is 2. The summed E-state index contributed by atoms with van der Waals surface area (Å²) in [5.41, 5.74) is 9.09. The molecule has 0 spiro atoms. The molecule has 1 amide bonds. The maximum atomic E-state index is 12.6. The molecule has 0 aliphatic rings. The summed E-state index contributed by atoms with van der Waals surface area (Å²) in [5.74, 6) is -2.15. The highest BCUT2D eigenvalue weighted by molar-refractivity contribution is 6.45. The number of nitrogen functional groups attached to an aromatic ring is 1. The summed E-state index contributed by atoms with van der Waals surface area (Å²) in [6.07, 6.45) is 4.57. The Kier molecular flexibility index (Phi) is 7.22. The summed E-state index contributed by atoms with van der Waals surface area (Å²) in [5, 5.41) is 20.5. The van der Waals surface area contributed by atoms with Gasteiger partial charge in [-0.05, 0) is 53.8 Å². The van der Waals surface area contributed by atoms with E-state index in [2.05, 4.69) is 29.4 Å². The molecule has 1 unspecified atom stereocenters. The van der Waals surface area contributed by atoms with Crippen LogP contribution in [-0.2, 0) is 22.4 Å². The zero-order valence-corrected chi connectivity index (χ0v) is 18.2. The average Bonchev–Trinajstić information content (AvgIpc) is 2.79. The summed E-state index contributed by atoms with van der Waals surface area (Å²) in [6.45, 7) is 2.09. The first-order valence-electron chi connectivity index (χ1n) is 9.97. The minimum Gasteiger partial charge on any atom is -0.479 e. The van der Waals surface area contributed by atoms with Crippen molar-refractivity contribution in [2.45, 2.75) is 25.8 Å². The van der Waals surface area contributed by atoms with Crippen LogP contribution >= 0.6 is 11.6 Å². The smallest absolute Gasteiger partial charge is 0.330 e. The lowest BCUT2D eigenvalue weighted by atomic mass is 10.0. The lowest BCUT2D eigenvalue weighted by molar-refractivity contribution is -0.141. The van der Waals surface area contributed by atoms with Crippen LogP contribution in [0.3, 0.4) is 0 Å². The highest BCUT2D eigenvalue weighted by Gasteiger charge is 2.26. The van der Waals surface area contributed by atoms with Crippen molar-refractivity contribution >= 4 is 34.9 Å². The van der Waals surface area contributed by atoms with Gasteiger partial charge in [0.2, 0.25) is 0 Å². The number of carbonyl (C=O) groups excluding carboxylic acids is 1. The van der Waals surface area contributed by atoms with E-state index in [1.165, 1.54) is 23.9 Å². The van der Waals surface area contributed by atoms with Crippen LogP contribution in [0.15, 0.2) is 60.9 Å². The first kappa shape index (κ1) is 23.0. The fraction of sp³-hybridized carbons (Fsp3) is 0.167. The number of halogens is 1. The number of pyridine rings is 1. The summed E-state index contributed by atoms with van der Waals surface area (Å²) >= 11 is 5.93. The van der Waals surface area contributed by atoms with Gasteiger partial charge in [0.15, 0.2) is 6.04 Å². The number of anilines is 1. The Hall–Kier alpha value is -3.71. The van der Waals surface area contributed by atoms with Crippen LogP contribution in [0.25, 0.3) is 0 Å². The molecule has 7 nitrogen and oxygen atoms in total. The third-order valence-corrected chi connectivity index (χ3v) is 5.26. The molecule has 0 aliphatic heterocycles. The minimum absolute atomic E-state index is 0.126. The summed E-state index contributed by atoms with van der Waals surface area (Å²) in [6, 6.07) is 12.9. The predicted octanol–water partition coefficient (Wildman–Crippen LogP) is 3.78. The Morgan fingerprint density at radius 3 is 2.44 bits per heavy atom. The molecular weight excluding hydrogens is 428 g/mol. The maximum absolute atomic E-state index is 12.6. The molecule has 1 atom stereocenters. The molecule has 0 radical (unpaired) electrons. The number of rotatable bonds is 8. The number of aryl methyl sites for hydroxylation is 1. The topological polar surface area (TPSA) is 129 Å². The molecule has 0 bridgehead atoms. The Bertz CT molecular complexity index is 1160. The molecule has 1 heterocycles. The van der Waals surface area contributed by atoms with Gasteiger partial charge in [-0.3, -0.25) is 15.2 Å². The summed E-state index contributed by atoms with van der Waals surface area (Å²) < 4.78 is 0. The largest absolute Gasteiger partial charge is 0.479 e. The van der Waals surface area contributed by atoms with Gasteiger partial charge in [0.1, 0.15) is 5.71 Å². The molecule has 0 aliphatic carbocycles. The molecule has 3 aromatic rings. The van der Waals surface area contributed by atoms with Gasteiger partial charge >= 0.3 is 5.97 Å². The molecular formula is C24H23ClN4O3. The molecule has 32 heavy (non-hydrogen) atoms. The first-order chi connectivity index (χ1) is 15.3. The van der Waals surface area contributed by atoms with Crippen molar-refractivity contribution in [1.29, 1.82) is 5.41 Å². The van der Waals surface area contributed by atoms with E-state index in [0.29, 0.717) is 17.0 Å². The normalized spacial score (nSPS) is 11.6. The van der Waals surface area contributed by atoms with E-state index in [4.69, 9.17) is 22.7 Å². The Balaban J connectivity index is 1.80. The van der Waals surface area contributed by atoms with Gasteiger partial charge in [0.25, 0.3) is 5.91 Å². The number of amides is 1. The molecule has 0 saturated carbocycles.